The first-order valence-corrected chi connectivity index (χ1v) is 9.02. The van der Waals surface area contributed by atoms with Gasteiger partial charge >= 0.3 is 0 Å². The molecule has 0 bridgehead atoms. The maximum absolute atomic E-state index is 3.81. The maximum Gasteiger partial charge on any atom is 0.0490 e. The molecule has 4 rings (SSSR count). The molecule has 1 heterocycles. The highest BCUT2D eigenvalue weighted by molar-refractivity contribution is 5.41. The first-order chi connectivity index (χ1) is 10.4. The first-order valence-electron chi connectivity index (χ1n) is 9.02. The predicted octanol–water partition coefficient (Wildman–Crippen LogP) is 4.84. The lowest BCUT2D eigenvalue weighted by Gasteiger charge is -2.53. The first kappa shape index (κ1) is 13.6. The molecule has 4 atom stereocenters. The van der Waals surface area contributed by atoms with Crippen molar-refractivity contribution in [2.75, 3.05) is 5.43 Å². The van der Waals surface area contributed by atoms with Crippen molar-refractivity contribution in [3.8, 4) is 0 Å². The third kappa shape index (κ3) is 2.70. The van der Waals surface area contributed by atoms with Gasteiger partial charge in [-0.25, -0.2) is 5.01 Å². The topological polar surface area (TPSA) is 15.3 Å². The summed E-state index contributed by atoms with van der Waals surface area (Å²) in [5.41, 5.74) is 5.08. The zero-order chi connectivity index (χ0) is 14.1. The predicted molar refractivity (Wildman–Crippen MR) is 88.0 cm³/mol. The number of piperidine rings is 1. The largest absolute Gasteiger partial charge is 0.318 e. The van der Waals surface area contributed by atoms with Crippen molar-refractivity contribution >= 4 is 5.69 Å². The fourth-order valence-electron chi connectivity index (χ4n) is 5.12. The second-order valence-electron chi connectivity index (χ2n) is 7.34. The van der Waals surface area contributed by atoms with Crippen LogP contribution in [0.5, 0.6) is 0 Å². The number of hydrogen-bond donors (Lipinski definition) is 1. The highest BCUT2D eigenvalue weighted by Crippen LogP contribution is 2.45. The number of benzene rings is 1. The Labute approximate surface area is 128 Å². The van der Waals surface area contributed by atoms with Crippen LogP contribution < -0.4 is 5.43 Å². The number of nitrogens with one attached hydrogen (secondary N) is 1. The molecule has 2 aliphatic carbocycles. The second kappa shape index (κ2) is 6.00. The summed E-state index contributed by atoms with van der Waals surface area (Å²) in [7, 11) is 0. The summed E-state index contributed by atoms with van der Waals surface area (Å²) in [6, 6.07) is 12.4. The van der Waals surface area contributed by atoms with Gasteiger partial charge in [-0.2, -0.15) is 0 Å². The Morgan fingerprint density at radius 3 is 1.95 bits per heavy atom. The Kier molecular flexibility index (Phi) is 3.89. The van der Waals surface area contributed by atoms with E-state index in [0.717, 1.165) is 23.9 Å². The summed E-state index contributed by atoms with van der Waals surface area (Å²) in [4.78, 5) is 0. The molecule has 0 amide bonds. The van der Waals surface area contributed by atoms with Crippen molar-refractivity contribution in [3.05, 3.63) is 30.3 Å². The second-order valence-corrected chi connectivity index (χ2v) is 7.34. The van der Waals surface area contributed by atoms with E-state index in [2.05, 4.69) is 40.8 Å². The number of fused-ring (bicyclic) bond motifs is 2. The van der Waals surface area contributed by atoms with Gasteiger partial charge in [0.25, 0.3) is 0 Å². The molecule has 3 aliphatic rings. The summed E-state index contributed by atoms with van der Waals surface area (Å²) in [6.45, 7) is 0. The van der Waals surface area contributed by atoms with Crippen LogP contribution in [0.2, 0.25) is 0 Å². The zero-order valence-corrected chi connectivity index (χ0v) is 13.0. The van der Waals surface area contributed by atoms with Crippen LogP contribution in [-0.4, -0.2) is 17.1 Å². The Hall–Kier alpha value is -1.02. The third-order valence-corrected chi connectivity index (χ3v) is 6.09. The number of hydrazine groups is 1. The van der Waals surface area contributed by atoms with Crippen LogP contribution >= 0.6 is 0 Å². The van der Waals surface area contributed by atoms with E-state index in [1.54, 1.807) is 0 Å². The fraction of sp³-hybridized carbons (Fsp3) is 0.684. The van der Waals surface area contributed by atoms with Crippen molar-refractivity contribution in [3.63, 3.8) is 0 Å². The van der Waals surface area contributed by atoms with Crippen molar-refractivity contribution in [1.29, 1.82) is 0 Å². The van der Waals surface area contributed by atoms with Crippen LogP contribution in [0, 0.1) is 11.8 Å². The van der Waals surface area contributed by atoms with Crippen LogP contribution in [0.15, 0.2) is 30.3 Å². The molecule has 1 aromatic rings. The average Bonchev–Trinajstić information content (AvgIpc) is 2.55. The van der Waals surface area contributed by atoms with Crippen molar-refractivity contribution in [2.24, 2.45) is 11.8 Å². The molecule has 2 heteroatoms. The highest BCUT2D eigenvalue weighted by Gasteiger charge is 2.44. The monoisotopic (exact) mass is 284 g/mol. The van der Waals surface area contributed by atoms with Gasteiger partial charge in [-0.3, -0.25) is 0 Å². The van der Waals surface area contributed by atoms with Crippen LogP contribution in [0.25, 0.3) is 0 Å². The fourth-order valence-corrected chi connectivity index (χ4v) is 5.12. The summed E-state index contributed by atoms with van der Waals surface area (Å²) in [5, 5.41) is 2.70. The highest BCUT2D eigenvalue weighted by atomic mass is 15.5. The van der Waals surface area contributed by atoms with E-state index in [9.17, 15) is 0 Å². The molecule has 0 radical (unpaired) electrons. The van der Waals surface area contributed by atoms with Crippen LogP contribution in [-0.2, 0) is 0 Å². The molecular weight excluding hydrogens is 256 g/mol. The number of hydrogen-bond acceptors (Lipinski definition) is 2. The summed E-state index contributed by atoms with van der Waals surface area (Å²) < 4.78 is 0. The Morgan fingerprint density at radius 1 is 0.762 bits per heavy atom. The standard InChI is InChI=1S/C19H28N2/c1-2-10-17(11-3-1)20-21-18-12-6-4-8-15(18)14-16-9-5-7-13-19(16)21/h1-3,10-11,15-16,18-20H,4-9,12-14H2. The Morgan fingerprint density at radius 2 is 1.33 bits per heavy atom. The van der Waals surface area contributed by atoms with E-state index in [0.29, 0.717) is 0 Å². The Balaban J connectivity index is 1.59. The molecule has 1 aliphatic heterocycles. The molecule has 0 spiro atoms. The summed E-state index contributed by atoms with van der Waals surface area (Å²) in [5.74, 6) is 1.88. The third-order valence-electron chi connectivity index (χ3n) is 6.09. The lowest BCUT2D eigenvalue weighted by molar-refractivity contribution is -0.0216. The van der Waals surface area contributed by atoms with E-state index in [1.165, 1.54) is 63.5 Å². The SMILES string of the molecule is c1ccc(NN2C3CCCCC3CC3CCCCC32)cc1. The van der Waals surface area contributed by atoms with Gasteiger partial charge in [0.2, 0.25) is 0 Å². The van der Waals surface area contributed by atoms with E-state index >= 15 is 0 Å². The zero-order valence-electron chi connectivity index (χ0n) is 13.0. The molecule has 2 saturated carbocycles. The van der Waals surface area contributed by atoms with Gasteiger partial charge in [0.1, 0.15) is 0 Å². The van der Waals surface area contributed by atoms with Gasteiger partial charge in [0.15, 0.2) is 0 Å². The van der Waals surface area contributed by atoms with E-state index in [4.69, 9.17) is 0 Å². The maximum atomic E-state index is 3.81. The van der Waals surface area contributed by atoms with Crippen LogP contribution in [0.3, 0.4) is 0 Å². The van der Waals surface area contributed by atoms with Gasteiger partial charge in [-0.15, -0.1) is 0 Å². The molecular formula is C19H28N2. The molecule has 1 aromatic carbocycles. The van der Waals surface area contributed by atoms with Gasteiger partial charge in [-0.05, 0) is 56.1 Å². The molecule has 4 unspecified atom stereocenters. The van der Waals surface area contributed by atoms with Crippen molar-refractivity contribution < 1.29 is 0 Å². The molecule has 21 heavy (non-hydrogen) atoms. The molecule has 3 fully saturated rings. The summed E-state index contributed by atoms with van der Waals surface area (Å²) >= 11 is 0. The van der Waals surface area contributed by atoms with Gasteiger partial charge in [0.05, 0.1) is 0 Å². The smallest absolute Gasteiger partial charge is 0.0490 e. The van der Waals surface area contributed by atoms with Gasteiger partial charge in [-0.1, -0.05) is 43.9 Å². The molecule has 1 saturated heterocycles. The summed E-state index contributed by atoms with van der Waals surface area (Å²) in [6.07, 6.45) is 13.0. The Bertz CT molecular complexity index is 436. The molecule has 0 aromatic heterocycles. The number of anilines is 1. The normalized spacial score (nSPS) is 36.6. The lowest BCUT2D eigenvalue weighted by atomic mass is 9.69. The molecule has 1 N–H and O–H groups in total. The number of nitrogens with zero attached hydrogens (tertiary/aromatic N) is 1. The molecule has 114 valence electrons. The minimum atomic E-state index is 0.776. The van der Waals surface area contributed by atoms with E-state index in [-0.39, 0.29) is 0 Å². The van der Waals surface area contributed by atoms with E-state index in [1.807, 2.05) is 0 Å². The quantitative estimate of drug-likeness (QED) is 0.836. The van der Waals surface area contributed by atoms with Crippen molar-refractivity contribution in [1.82, 2.24) is 5.01 Å². The van der Waals surface area contributed by atoms with E-state index < -0.39 is 0 Å². The number of rotatable bonds is 2. The number of para-hydroxylation sites is 1. The minimum absolute atomic E-state index is 0.776. The molecule has 2 nitrogen and oxygen atoms in total. The van der Waals surface area contributed by atoms with Crippen molar-refractivity contribution in [2.45, 2.75) is 69.9 Å². The average molecular weight is 284 g/mol. The minimum Gasteiger partial charge on any atom is -0.318 e. The van der Waals surface area contributed by atoms with Crippen LogP contribution in [0.1, 0.15) is 57.8 Å². The van der Waals surface area contributed by atoms with Crippen LogP contribution in [0.4, 0.5) is 5.69 Å². The van der Waals surface area contributed by atoms with Gasteiger partial charge in [0, 0.05) is 17.8 Å². The van der Waals surface area contributed by atoms with Gasteiger partial charge < -0.3 is 5.43 Å². The lowest BCUT2D eigenvalue weighted by Crippen LogP contribution is -2.58.